The molecule has 2 aromatic carbocycles. The summed E-state index contributed by atoms with van der Waals surface area (Å²) in [6.45, 7) is 2.11. The van der Waals surface area contributed by atoms with E-state index in [2.05, 4.69) is 53.2 Å². The van der Waals surface area contributed by atoms with E-state index in [-0.39, 0.29) is 0 Å². The van der Waals surface area contributed by atoms with Crippen molar-refractivity contribution in [1.29, 1.82) is 0 Å². The first kappa shape index (κ1) is 16.5. The van der Waals surface area contributed by atoms with E-state index in [1.165, 1.54) is 29.5 Å². The van der Waals surface area contributed by atoms with Gasteiger partial charge in [0.25, 0.3) is 0 Å². The Balaban J connectivity index is 1.74. The van der Waals surface area contributed by atoms with Crippen LogP contribution in [0.2, 0.25) is 0 Å². The summed E-state index contributed by atoms with van der Waals surface area (Å²) >= 11 is 3.55. The topological polar surface area (TPSA) is 20.2 Å². The average Bonchev–Trinajstić information content (AvgIpc) is 2.97. The van der Waals surface area contributed by atoms with E-state index in [0.717, 1.165) is 22.9 Å². The number of rotatable bonds is 4. The molecule has 0 radical (unpaired) electrons. The predicted octanol–water partition coefficient (Wildman–Crippen LogP) is 6.06. The highest BCUT2D eigenvalue weighted by Crippen LogP contribution is 2.39. The van der Waals surface area contributed by atoms with Gasteiger partial charge >= 0.3 is 0 Å². The van der Waals surface area contributed by atoms with Gasteiger partial charge in [-0.25, -0.2) is 0 Å². The third-order valence-corrected chi connectivity index (χ3v) is 5.47. The van der Waals surface area contributed by atoms with Gasteiger partial charge in [-0.15, -0.1) is 0 Å². The Bertz CT molecular complexity index is 687. The molecule has 0 bridgehead atoms. The first-order valence-corrected chi connectivity index (χ1v) is 9.12. The van der Waals surface area contributed by atoms with Crippen molar-refractivity contribution in [3.05, 3.63) is 75.3 Å². The largest absolute Gasteiger partial charge is 0.388 e. The summed E-state index contributed by atoms with van der Waals surface area (Å²) in [5.74, 6) is 0.485. The smallest absolute Gasteiger partial charge is 0.0806 e. The zero-order valence-electron chi connectivity index (χ0n) is 13.5. The molecular weight excluding hydrogens is 348 g/mol. The molecule has 0 aromatic heterocycles. The second kappa shape index (κ2) is 7.46. The van der Waals surface area contributed by atoms with Gasteiger partial charge in [-0.1, -0.05) is 75.6 Å². The standard InChI is InChI=1S/C21H23BrO/c1-15-9-11-16(12-10-15)13-17-5-4-6-18(17)14-21(23)19-7-2-3-8-20(19)22/h2-3,7-13,18,21,23H,4-6,14H2,1H3/b17-13-/t18-,21-/m0/s1. The SMILES string of the molecule is Cc1ccc(/C=C2/CCC[C@H]2C[C@H](O)c2ccccc2Br)cc1. The van der Waals surface area contributed by atoms with Crippen molar-refractivity contribution in [2.24, 2.45) is 5.92 Å². The normalized spacial score (nSPS) is 20.8. The highest BCUT2D eigenvalue weighted by atomic mass is 79.9. The molecule has 0 spiro atoms. The molecular formula is C21H23BrO. The minimum atomic E-state index is -0.407. The van der Waals surface area contributed by atoms with E-state index < -0.39 is 6.10 Å². The van der Waals surface area contributed by atoms with Crippen LogP contribution < -0.4 is 0 Å². The molecule has 1 N–H and O–H groups in total. The molecule has 1 aliphatic rings. The maximum atomic E-state index is 10.6. The molecule has 1 nitrogen and oxygen atoms in total. The van der Waals surface area contributed by atoms with Gasteiger partial charge in [-0.3, -0.25) is 0 Å². The van der Waals surface area contributed by atoms with Crippen molar-refractivity contribution < 1.29 is 5.11 Å². The zero-order valence-corrected chi connectivity index (χ0v) is 15.1. The maximum Gasteiger partial charge on any atom is 0.0806 e. The Morgan fingerprint density at radius 3 is 2.65 bits per heavy atom. The number of aryl methyl sites for hydroxylation is 1. The first-order chi connectivity index (χ1) is 11.1. The number of aliphatic hydroxyl groups excluding tert-OH is 1. The van der Waals surface area contributed by atoms with Crippen LogP contribution in [-0.4, -0.2) is 5.11 Å². The molecule has 23 heavy (non-hydrogen) atoms. The van der Waals surface area contributed by atoms with Crippen molar-refractivity contribution >= 4 is 22.0 Å². The minimum Gasteiger partial charge on any atom is -0.388 e. The summed E-state index contributed by atoms with van der Waals surface area (Å²) in [6, 6.07) is 16.7. The molecule has 3 rings (SSSR count). The van der Waals surface area contributed by atoms with Gasteiger partial charge in [0.2, 0.25) is 0 Å². The molecule has 0 heterocycles. The molecule has 0 saturated heterocycles. The van der Waals surface area contributed by atoms with E-state index >= 15 is 0 Å². The molecule has 0 amide bonds. The fraction of sp³-hybridized carbons (Fsp3) is 0.333. The van der Waals surface area contributed by atoms with Gasteiger partial charge in [0.15, 0.2) is 0 Å². The molecule has 1 aliphatic carbocycles. The highest BCUT2D eigenvalue weighted by molar-refractivity contribution is 9.10. The van der Waals surface area contributed by atoms with Crippen LogP contribution in [0.15, 0.2) is 58.6 Å². The van der Waals surface area contributed by atoms with Crippen molar-refractivity contribution in [2.45, 2.75) is 38.7 Å². The molecule has 2 aromatic rings. The monoisotopic (exact) mass is 370 g/mol. The lowest BCUT2D eigenvalue weighted by Gasteiger charge is -2.18. The lowest BCUT2D eigenvalue weighted by Crippen LogP contribution is -2.06. The summed E-state index contributed by atoms with van der Waals surface area (Å²) in [7, 11) is 0. The number of benzene rings is 2. The van der Waals surface area contributed by atoms with Crippen LogP contribution in [0, 0.1) is 12.8 Å². The molecule has 0 aliphatic heterocycles. The van der Waals surface area contributed by atoms with E-state index in [1.54, 1.807) is 0 Å². The van der Waals surface area contributed by atoms with Gasteiger partial charge < -0.3 is 5.11 Å². The molecule has 0 unspecified atom stereocenters. The second-order valence-electron chi connectivity index (χ2n) is 6.49. The fourth-order valence-corrected chi connectivity index (χ4v) is 3.97. The Hall–Kier alpha value is -1.38. The lowest BCUT2D eigenvalue weighted by atomic mass is 9.91. The average molecular weight is 371 g/mol. The number of hydrogen-bond donors (Lipinski definition) is 1. The molecule has 1 saturated carbocycles. The Morgan fingerprint density at radius 2 is 1.91 bits per heavy atom. The third kappa shape index (κ3) is 4.13. The Labute approximate surface area is 147 Å². The van der Waals surface area contributed by atoms with Crippen molar-refractivity contribution in [3.8, 4) is 0 Å². The molecule has 120 valence electrons. The minimum absolute atomic E-state index is 0.407. The van der Waals surface area contributed by atoms with Crippen LogP contribution >= 0.6 is 15.9 Å². The second-order valence-corrected chi connectivity index (χ2v) is 7.35. The fourth-order valence-electron chi connectivity index (χ4n) is 3.42. The summed E-state index contributed by atoms with van der Waals surface area (Å²) in [5.41, 5.74) is 5.04. The summed E-state index contributed by atoms with van der Waals surface area (Å²) in [5, 5.41) is 10.6. The van der Waals surface area contributed by atoms with Crippen LogP contribution in [0.5, 0.6) is 0 Å². The maximum absolute atomic E-state index is 10.6. The van der Waals surface area contributed by atoms with Crippen molar-refractivity contribution in [1.82, 2.24) is 0 Å². The number of hydrogen-bond acceptors (Lipinski definition) is 1. The van der Waals surface area contributed by atoms with Gasteiger partial charge in [-0.05, 0) is 55.7 Å². The van der Waals surface area contributed by atoms with Gasteiger partial charge in [-0.2, -0.15) is 0 Å². The van der Waals surface area contributed by atoms with Crippen LogP contribution in [0.4, 0.5) is 0 Å². The van der Waals surface area contributed by atoms with Crippen LogP contribution in [-0.2, 0) is 0 Å². The first-order valence-electron chi connectivity index (χ1n) is 8.33. The lowest BCUT2D eigenvalue weighted by molar-refractivity contribution is 0.151. The highest BCUT2D eigenvalue weighted by Gasteiger charge is 2.25. The van der Waals surface area contributed by atoms with Crippen LogP contribution in [0.3, 0.4) is 0 Å². The van der Waals surface area contributed by atoms with E-state index in [1.807, 2.05) is 24.3 Å². The van der Waals surface area contributed by atoms with Gasteiger partial charge in [0.1, 0.15) is 0 Å². The molecule has 2 atom stereocenters. The third-order valence-electron chi connectivity index (χ3n) is 4.74. The molecule has 1 fully saturated rings. The van der Waals surface area contributed by atoms with Crippen LogP contribution in [0.1, 0.15) is 48.5 Å². The molecule has 2 heteroatoms. The quantitative estimate of drug-likeness (QED) is 0.692. The zero-order chi connectivity index (χ0) is 16.2. The predicted molar refractivity (Wildman–Crippen MR) is 100 cm³/mol. The number of aliphatic hydroxyl groups is 1. The summed E-state index contributed by atoms with van der Waals surface area (Å²) in [6.07, 6.45) is 6.28. The van der Waals surface area contributed by atoms with Crippen molar-refractivity contribution in [3.63, 3.8) is 0 Å². The van der Waals surface area contributed by atoms with E-state index in [0.29, 0.717) is 5.92 Å². The van der Waals surface area contributed by atoms with E-state index in [9.17, 15) is 5.11 Å². The van der Waals surface area contributed by atoms with Crippen molar-refractivity contribution in [2.75, 3.05) is 0 Å². The Morgan fingerprint density at radius 1 is 1.17 bits per heavy atom. The van der Waals surface area contributed by atoms with Crippen LogP contribution in [0.25, 0.3) is 6.08 Å². The van der Waals surface area contributed by atoms with Gasteiger partial charge in [0, 0.05) is 4.47 Å². The Kier molecular flexibility index (Phi) is 5.34. The summed E-state index contributed by atoms with van der Waals surface area (Å²) in [4.78, 5) is 0. The van der Waals surface area contributed by atoms with E-state index in [4.69, 9.17) is 0 Å². The number of halogens is 1. The summed E-state index contributed by atoms with van der Waals surface area (Å²) < 4.78 is 0.995. The van der Waals surface area contributed by atoms with Gasteiger partial charge in [0.05, 0.1) is 6.10 Å². The number of allylic oxidation sites excluding steroid dienone is 1.